The molecule has 8 rings (SSSR count). The third-order valence-corrected chi connectivity index (χ3v) is 8.15. The molecule has 0 bridgehead atoms. The molecule has 2 heterocycles. The van der Waals surface area contributed by atoms with Gasteiger partial charge in [-0.05, 0) is 66.1 Å². The molecule has 0 saturated carbocycles. The summed E-state index contributed by atoms with van der Waals surface area (Å²) in [5.41, 5.74) is 7.42. The lowest BCUT2D eigenvalue weighted by molar-refractivity contribution is 0.426. The number of aromatic nitrogens is 2. The Balaban J connectivity index is 0.000000138. The first-order valence-electron chi connectivity index (χ1n) is 13.8. The summed E-state index contributed by atoms with van der Waals surface area (Å²) in [5, 5.41) is 23.5. The normalized spacial score (nSPS) is 11.2. The van der Waals surface area contributed by atoms with Crippen molar-refractivity contribution in [1.82, 2.24) is 9.13 Å². The van der Waals surface area contributed by atoms with E-state index in [4.69, 9.17) is 0 Å². The number of nitrogens with zero attached hydrogens (tertiary/aromatic N) is 2. The summed E-state index contributed by atoms with van der Waals surface area (Å²) < 4.78 is 5.62. The Hall–Kier alpha value is -4.62. The maximum absolute atomic E-state index is 9.43. The minimum absolute atomic E-state index is 0.503. The monoisotopic (exact) mass is 608 g/mol. The van der Waals surface area contributed by atoms with Crippen molar-refractivity contribution in [2.45, 2.75) is 0 Å². The van der Waals surface area contributed by atoms with E-state index in [9.17, 15) is 10.0 Å². The zero-order chi connectivity index (χ0) is 28.6. The van der Waals surface area contributed by atoms with Crippen LogP contribution in [0.25, 0.3) is 55.0 Å². The number of hydrogen-bond acceptors (Lipinski definition) is 2. The smallest absolute Gasteiger partial charge is 0.423 e. The first-order valence-corrected chi connectivity index (χ1v) is 14.6. The fraction of sp³-hybridized carbons (Fsp3) is 0. The molecule has 0 radical (unpaired) electrons. The molecule has 0 aliphatic rings. The van der Waals surface area contributed by atoms with Crippen molar-refractivity contribution in [1.29, 1.82) is 0 Å². The Morgan fingerprint density at radius 1 is 0.429 bits per heavy atom. The van der Waals surface area contributed by atoms with Gasteiger partial charge >= 0.3 is 7.12 Å². The van der Waals surface area contributed by atoms with Crippen LogP contribution in [0, 0.1) is 0 Å². The fourth-order valence-corrected chi connectivity index (χ4v) is 6.17. The van der Waals surface area contributed by atoms with Crippen LogP contribution >= 0.6 is 15.9 Å². The number of halogens is 1. The van der Waals surface area contributed by atoms with Gasteiger partial charge < -0.3 is 19.2 Å². The molecule has 0 unspecified atom stereocenters. The fourth-order valence-electron chi connectivity index (χ4n) is 5.81. The topological polar surface area (TPSA) is 50.3 Å². The Morgan fingerprint density at radius 2 is 0.857 bits per heavy atom. The van der Waals surface area contributed by atoms with Crippen LogP contribution in [0.3, 0.4) is 0 Å². The van der Waals surface area contributed by atoms with E-state index in [1.54, 1.807) is 6.07 Å². The van der Waals surface area contributed by atoms with Gasteiger partial charge in [0.25, 0.3) is 0 Å². The van der Waals surface area contributed by atoms with E-state index in [1.165, 1.54) is 27.5 Å². The van der Waals surface area contributed by atoms with Crippen molar-refractivity contribution in [3.63, 3.8) is 0 Å². The van der Waals surface area contributed by atoms with Crippen molar-refractivity contribution in [3.8, 4) is 11.4 Å². The predicted octanol–water partition coefficient (Wildman–Crippen LogP) is 8.01. The van der Waals surface area contributed by atoms with Crippen molar-refractivity contribution < 1.29 is 10.0 Å². The summed E-state index contributed by atoms with van der Waals surface area (Å²) in [4.78, 5) is 0. The van der Waals surface area contributed by atoms with E-state index in [1.807, 2.05) is 48.5 Å². The van der Waals surface area contributed by atoms with E-state index in [0.29, 0.717) is 5.46 Å². The molecule has 0 spiro atoms. The number of rotatable bonds is 3. The standard InChI is InChI=1S/C18H14BNO2.C18H12BrN/c21-19(22)13-10-11-18-16(12-13)15-8-4-5-9-17(15)20(18)14-6-2-1-3-7-14;19-13-10-11-18-16(12-13)15-8-4-5-9-17(15)20(18)14-6-2-1-3-7-14/h1-12,21-22H;1-12H. The van der Waals surface area contributed by atoms with Crippen molar-refractivity contribution >= 4 is 72.1 Å². The first-order chi connectivity index (χ1) is 20.6. The highest BCUT2D eigenvalue weighted by atomic mass is 79.9. The molecule has 6 heteroatoms. The second kappa shape index (κ2) is 11.0. The molecule has 0 aliphatic carbocycles. The van der Waals surface area contributed by atoms with E-state index in [2.05, 4.69) is 116 Å². The summed E-state index contributed by atoms with van der Waals surface area (Å²) in [5.74, 6) is 0. The Morgan fingerprint density at radius 3 is 1.38 bits per heavy atom. The van der Waals surface area contributed by atoms with Crippen LogP contribution in [0.4, 0.5) is 0 Å². The van der Waals surface area contributed by atoms with E-state index < -0.39 is 7.12 Å². The van der Waals surface area contributed by atoms with Crippen molar-refractivity contribution in [3.05, 3.63) is 150 Å². The summed E-state index contributed by atoms with van der Waals surface area (Å²) >= 11 is 3.57. The summed E-state index contributed by atoms with van der Waals surface area (Å²) in [6.45, 7) is 0. The van der Waals surface area contributed by atoms with E-state index in [0.717, 1.165) is 32.0 Å². The van der Waals surface area contributed by atoms with Crippen LogP contribution in [-0.4, -0.2) is 26.3 Å². The van der Waals surface area contributed by atoms with Crippen LogP contribution in [0.5, 0.6) is 0 Å². The molecule has 0 fully saturated rings. The predicted molar refractivity (Wildman–Crippen MR) is 179 cm³/mol. The van der Waals surface area contributed by atoms with Gasteiger partial charge in [0.15, 0.2) is 0 Å². The van der Waals surface area contributed by atoms with E-state index in [-0.39, 0.29) is 0 Å². The Bertz CT molecular complexity index is 2190. The Labute approximate surface area is 252 Å². The zero-order valence-electron chi connectivity index (χ0n) is 22.6. The molecule has 0 amide bonds. The maximum atomic E-state index is 9.43. The zero-order valence-corrected chi connectivity index (χ0v) is 24.2. The molecule has 0 aliphatic heterocycles. The third kappa shape index (κ3) is 4.60. The highest BCUT2D eigenvalue weighted by Gasteiger charge is 2.16. The third-order valence-electron chi connectivity index (χ3n) is 7.66. The van der Waals surface area contributed by atoms with Crippen LogP contribution in [0.2, 0.25) is 0 Å². The van der Waals surface area contributed by atoms with Crippen LogP contribution in [0.15, 0.2) is 150 Å². The van der Waals surface area contributed by atoms with Crippen LogP contribution in [0.1, 0.15) is 0 Å². The van der Waals surface area contributed by atoms with Gasteiger partial charge in [0.2, 0.25) is 0 Å². The van der Waals surface area contributed by atoms with Gasteiger partial charge in [-0.1, -0.05) is 101 Å². The number of hydrogen-bond donors (Lipinski definition) is 2. The number of fused-ring (bicyclic) bond motifs is 6. The average Bonchev–Trinajstić information content (AvgIpc) is 3.54. The molecular formula is C36H26BBrN2O2. The minimum atomic E-state index is -1.46. The average molecular weight is 609 g/mol. The molecular weight excluding hydrogens is 583 g/mol. The van der Waals surface area contributed by atoms with Crippen LogP contribution in [-0.2, 0) is 0 Å². The van der Waals surface area contributed by atoms with Gasteiger partial charge in [0, 0.05) is 37.4 Å². The molecule has 2 N–H and O–H groups in total. The highest BCUT2D eigenvalue weighted by Crippen LogP contribution is 2.34. The molecule has 0 atom stereocenters. The van der Waals surface area contributed by atoms with Crippen molar-refractivity contribution in [2.75, 3.05) is 0 Å². The second-order valence-corrected chi connectivity index (χ2v) is 11.1. The quantitative estimate of drug-likeness (QED) is 0.200. The van der Waals surface area contributed by atoms with Gasteiger partial charge in [-0.25, -0.2) is 0 Å². The largest absolute Gasteiger partial charge is 0.488 e. The number of benzene rings is 6. The van der Waals surface area contributed by atoms with Crippen molar-refractivity contribution in [2.24, 2.45) is 0 Å². The second-order valence-electron chi connectivity index (χ2n) is 10.2. The van der Waals surface area contributed by atoms with Crippen LogP contribution < -0.4 is 5.46 Å². The SMILES string of the molecule is Brc1ccc2c(c1)c1ccccc1n2-c1ccccc1.OB(O)c1ccc2c(c1)c1ccccc1n2-c1ccccc1. The first kappa shape index (κ1) is 26.3. The van der Waals surface area contributed by atoms with Gasteiger partial charge in [-0.2, -0.15) is 0 Å². The summed E-state index contributed by atoms with van der Waals surface area (Å²) in [7, 11) is -1.46. The highest BCUT2D eigenvalue weighted by molar-refractivity contribution is 9.10. The van der Waals surface area contributed by atoms with Gasteiger partial charge in [-0.3, -0.25) is 0 Å². The molecule has 42 heavy (non-hydrogen) atoms. The van der Waals surface area contributed by atoms with E-state index >= 15 is 0 Å². The molecule has 6 aromatic carbocycles. The lowest BCUT2D eigenvalue weighted by Crippen LogP contribution is -2.29. The summed E-state index contributed by atoms with van der Waals surface area (Å²) in [6, 6.07) is 49.4. The molecule has 2 aromatic heterocycles. The molecule has 4 nitrogen and oxygen atoms in total. The number of para-hydroxylation sites is 4. The van der Waals surface area contributed by atoms with Gasteiger partial charge in [-0.15, -0.1) is 0 Å². The molecule has 8 aromatic rings. The lowest BCUT2D eigenvalue weighted by Gasteiger charge is -2.07. The minimum Gasteiger partial charge on any atom is -0.423 e. The summed E-state index contributed by atoms with van der Waals surface area (Å²) in [6.07, 6.45) is 0. The molecule has 0 saturated heterocycles. The molecule has 202 valence electrons. The van der Waals surface area contributed by atoms with Gasteiger partial charge in [0.05, 0.1) is 22.1 Å². The Kier molecular flexibility index (Phi) is 6.88. The lowest BCUT2D eigenvalue weighted by atomic mass is 9.80. The maximum Gasteiger partial charge on any atom is 0.488 e. The van der Waals surface area contributed by atoms with Gasteiger partial charge in [0.1, 0.15) is 0 Å².